The fourth-order valence-corrected chi connectivity index (χ4v) is 4.53. The van der Waals surface area contributed by atoms with Crippen LogP contribution in [0.5, 0.6) is 0 Å². The second kappa shape index (κ2) is 13.1. The lowest BCUT2D eigenvalue weighted by Crippen LogP contribution is -2.48. The van der Waals surface area contributed by atoms with Gasteiger partial charge in [0.05, 0.1) is 5.75 Å². The van der Waals surface area contributed by atoms with Crippen LogP contribution in [-0.2, 0) is 28.9 Å². The molecule has 0 aliphatic carbocycles. The zero-order valence-electron chi connectivity index (χ0n) is 18.8. The molecule has 0 saturated carbocycles. The van der Waals surface area contributed by atoms with E-state index in [-0.39, 0.29) is 29.7 Å². The zero-order chi connectivity index (χ0) is 22.1. The van der Waals surface area contributed by atoms with E-state index in [1.165, 1.54) is 12.6 Å². The van der Waals surface area contributed by atoms with Gasteiger partial charge in [-0.25, -0.2) is 13.1 Å². The molecule has 1 aliphatic rings. The molecule has 0 spiro atoms. The fourth-order valence-electron chi connectivity index (χ4n) is 3.77. The number of nitrogens with one attached hydrogen (secondary N) is 3. The number of nitrogens with zero attached hydrogens (tertiary/aromatic N) is 2. The maximum Gasteiger partial charge on any atom is 0.215 e. The van der Waals surface area contributed by atoms with Gasteiger partial charge >= 0.3 is 0 Å². The molecular weight excluding hydrogens is 537 g/mol. The third-order valence-corrected chi connectivity index (χ3v) is 6.86. The van der Waals surface area contributed by atoms with Crippen molar-refractivity contribution in [2.45, 2.75) is 37.7 Å². The van der Waals surface area contributed by atoms with Crippen LogP contribution in [0, 0.1) is 0 Å². The van der Waals surface area contributed by atoms with Crippen molar-refractivity contribution in [1.82, 2.24) is 20.3 Å². The first-order valence-corrected chi connectivity index (χ1v) is 12.3. The van der Waals surface area contributed by atoms with Crippen molar-refractivity contribution in [3.63, 3.8) is 0 Å². The normalized spacial score (nSPS) is 15.8. The Morgan fingerprint density at radius 2 is 1.69 bits per heavy atom. The minimum atomic E-state index is -3.28. The zero-order valence-corrected chi connectivity index (χ0v) is 21.9. The number of aliphatic imine (C=N–C) groups is 1. The van der Waals surface area contributed by atoms with E-state index in [1.807, 2.05) is 24.3 Å². The van der Waals surface area contributed by atoms with Crippen molar-refractivity contribution in [3.05, 3.63) is 71.3 Å². The molecule has 2 aromatic carbocycles. The van der Waals surface area contributed by atoms with Crippen LogP contribution in [0.4, 0.5) is 0 Å². The summed E-state index contributed by atoms with van der Waals surface area (Å²) in [6.07, 6.45) is 2.15. The van der Waals surface area contributed by atoms with Gasteiger partial charge in [0.2, 0.25) is 10.0 Å². The Bertz CT molecular complexity index is 961. The predicted octanol–water partition coefficient (Wildman–Crippen LogP) is 2.68. The Labute approximate surface area is 209 Å². The van der Waals surface area contributed by atoms with Gasteiger partial charge < -0.3 is 10.6 Å². The molecule has 9 heteroatoms. The minimum Gasteiger partial charge on any atom is -0.354 e. The Morgan fingerprint density at radius 1 is 1.03 bits per heavy atom. The van der Waals surface area contributed by atoms with Gasteiger partial charge in [-0.15, -0.1) is 24.0 Å². The number of likely N-dealkylation sites (tertiary alicyclic amines) is 1. The average Bonchev–Trinajstić information content (AvgIpc) is 2.78. The van der Waals surface area contributed by atoms with E-state index in [0.29, 0.717) is 12.6 Å². The molecule has 2 aromatic rings. The summed E-state index contributed by atoms with van der Waals surface area (Å²) in [6.45, 7) is 3.71. The van der Waals surface area contributed by atoms with E-state index < -0.39 is 10.0 Å². The number of benzene rings is 2. The van der Waals surface area contributed by atoms with Crippen molar-refractivity contribution >= 4 is 40.0 Å². The van der Waals surface area contributed by atoms with Crippen molar-refractivity contribution in [3.8, 4) is 0 Å². The van der Waals surface area contributed by atoms with Gasteiger partial charge in [0.25, 0.3) is 0 Å². The van der Waals surface area contributed by atoms with Crippen LogP contribution in [0.3, 0.4) is 0 Å². The first-order valence-electron chi connectivity index (χ1n) is 10.7. The van der Waals surface area contributed by atoms with E-state index in [4.69, 9.17) is 0 Å². The van der Waals surface area contributed by atoms with E-state index in [2.05, 4.69) is 55.6 Å². The summed E-state index contributed by atoms with van der Waals surface area (Å²) in [4.78, 5) is 6.85. The summed E-state index contributed by atoms with van der Waals surface area (Å²) in [5, 5.41) is 6.88. The monoisotopic (exact) mass is 571 g/mol. The summed E-state index contributed by atoms with van der Waals surface area (Å²) >= 11 is 0. The van der Waals surface area contributed by atoms with Gasteiger partial charge in [-0.05, 0) is 36.6 Å². The molecule has 1 fully saturated rings. The molecule has 0 bridgehead atoms. The molecule has 0 radical (unpaired) electrons. The highest BCUT2D eigenvalue weighted by molar-refractivity contribution is 14.0. The molecule has 3 rings (SSSR count). The molecule has 0 unspecified atom stereocenters. The van der Waals surface area contributed by atoms with Gasteiger partial charge in [-0.2, -0.15) is 0 Å². The van der Waals surface area contributed by atoms with Gasteiger partial charge in [0.1, 0.15) is 0 Å². The summed E-state index contributed by atoms with van der Waals surface area (Å²) in [7, 11) is -0.0728. The predicted molar refractivity (Wildman–Crippen MR) is 142 cm³/mol. The van der Waals surface area contributed by atoms with Crippen molar-refractivity contribution < 1.29 is 8.42 Å². The quantitative estimate of drug-likeness (QED) is 0.258. The Morgan fingerprint density at radius 3 is 2.34 bits per heavy atom. The molecule has 7 nitrogen and oxygen atoms in total. The van der Waals surface area contributed by atoms with Gasteiger partial charge in [0, 0.05) is 39.3 Å². The maximum atomic E-state index is 11.8. The van der Waals surface area contributed by atoms with Crippen LogP contribution in [0.15, 0.2) is 59.6 Å². The third kappa shape index (κ3) is 8.68. The topological polar surface area (TPSA) is 85.8 Å². The number of guanidine groups is 1. The largest absolute Gasteiger partial charge is 0.354 e. The Balaban J connectivity index is 0.00000363. The number of halogens is 1. The summed E-state index contributed by atoms with van der Waals surface area (Å²) in [5.41, 5.74) is 3.14. The van der Waals surface area contributed by atoms with Gasteiger partial charge in [-0.1, -0.05) is 54.6 Å². The van der Waals surface area contributed by atoms with E-state index >= 15 is 0 Å². The molecule has 0 amide bonds. The fraction of sp³-hybridized carbons (Fsp3) is 0.435. The van der Waals surface area contributed by atoms with Crippen molar-refractivity contribution in [2.24, 2.45) is 4.99 Å². The van der Waals surface area contributed by atoms with E-state index in [9.17, 15) is 8.42 Å². The minimum absolute atomic E-state index is 0. The number of sulfonamides is 1. The molecule has 1 saturated heterocycles. The van der Waals surface area contributed by atoms with Crippen LogP contribution < -0.4 is 15.4 Å². The molecule has 0 aromatic heterocycles. The van der Waals surface area contributed by atoms with Gasteiger partial charge in [-0.3, -0.25) is 9.89 Å². The van der Waals surface area contributed by atoms with Crippen LogP contribution in [0.1, 0.15) is 29.5 Å². The first-order chi connectivity index (χ1) is 15.0. The van der Waals surface area contributed by atoms with Crippen LogP contribution in [0.25, 0.3) is 0 Å². The van der Waals surface area contributed by atoms with Crippen LogP contribution >= 0.6 is 24.0 Å². The highest BCUT2D eigenvalue weighted by Crippen LogP contribution is 2.14. The molecule has 0 atom stereocenters. The maximum absolute atomic E-state index is 11.8. The summed E-state index contributed by atoms with van der Waals surface area (Å²) in [5.74, 6) is 0.751. The standard InChI is InChI=1S/C23H33N5O2S.HI/c1-24-23(26-16-20-9-6-10-21(15-20)18-31(29,30)25-2)27-22-11-13-28(14-12-22)17-19-7-4-3-5-8-19;/h3-10,15,22,25H,11-14,16-18H2,1-2H3,(H2,24,26,27);1H. The summed E-state index contributed by atoms with van der Waals surface area (Å²) < 4.78 is 25.9. The average molecular weight is 572 g/mol. The number of hydrogen-bond donors (Lipinski definition) is 3. The Kier molecular flexibility index (Phi) is 10.9. The second-order valence-electron chi connectivity index (χ2n) is 7.89. The number of rotatable bonds is 8. The highest BCUT2D eigenvalue weighted by Gasteiger charge is 2.20. The molecule has 32 heavy (non-hydrogen) atoms. The number of hydrogen-bond acceptors (Lipinski definition) is 4. The lowest BCUT2D eigenvalue weighted by Gasteiger charge is -2.33. The molecular formula is C23H34IN5O2S. The number of piperidine rings is 1. The summed E-state index contributed by atoms with van der Waals surface area (Å²) in [6, 6.07) is 18.6. The van der Waals surface area contributed by atoms with Gasteiger partial charge in [0.15, 0.2) is 5.96 Å². The van der Waals surface area contributed by atoms with Crippen molar-refractivity contribution in [2.75, 3.05) is 27.2 Å². The van der Waals surface area contributed by atoms with Crippen LogP contribution in [0.2, 0.25) is 0 Å². The van der Waals surface area contributed by atoms with Crippen LogP contribution in [-0.4, -0.2) is 52.5 Å². The smallest absolute Gasteiger partial charge is 0.215 e. The Hall–Kier alpha value is -1.69. The second-order valence-corrected chi connectivity index (χ2v) is 9.82. The SMILES string of the molecule is CN=C(NCc1cccc(CS(=O)(=O)NC)c1)NC1CCN(Cc2ccccc2)CC1.I. The van der Waals surface area contributed by atoms with E-state index in [1.54, 1.807) is 7.05 Å². The lowest BCUT2D eigenvalue weighted by molar-refractivity contribution is 0.198. The highest BCUT2D eigenvalue weighted by atomic mass is 127. The lowest BCUT2D eigenvalue weighted by atomic mass is 10.0. The molecule has 3 N–H and O–H groups in total. The molecule has 1 heterocycles. The van der Waals surface area contributed by atoms with Crippen molar-refractivity contribution in [1.29, 1.82) is 0 Å². The molecule has 1 aliphatic heterocycles. The third-order valence-electron chi connectivity index (χ3n) is 5.52. The van der Waals surface area contributed by atoms with E-state index in [0.717, 1.165) is 49.6 Å². The molecule has 176 valence electrons. The first kappa shape index (κ1) is 26.6.